The van der Waals surface area contributed by atoms with Crippen LogP contribution in [0.25, 0.3) is 0 Å². The highest BCUT2D eigenvalue weighted by atomic mass is 79.9. The molecule has 0 saturated heterocycles. The fraction of sp³-hybridized carbons (Fsp3) is 0.364. The monoisotopic (exact) mass is 383 g/mol. The van der Waals surface area contributed by atoms with Gasteiger partial charge in [-0.3, -0.25) is 4.21 Å². The molecule has 2 N–H and O–H groups in total. The van der Waals surface area contributed by atoms with E-state index in [9.17, 15) is 17.4 Å². The van der Waals surface area contributed by atoms with Gasteiger partial charge in [-0.05, 0) is 40.5 Å². The first kappa shape index (κ1) is 17.3. The summed E-state index contributed by atoms with van der Waals surface area (Å²) < 4.78 is 37.5. The van der Waals surface area contributed by atoms with E-state index >= 15 is 0 Å². The van der Waals surface area contributed by atoms with Gasteiger partial charge in [-0.1, -0.05) is 0 Å². The Morgan fingerprint density at radius 3 is 2.60 bits per heavy atom. The molecule has 6 nitrogen and oxygen atoms in total. The summed E-state index contributed by atoms with van der Waals surface area (Å²) in [5.41, 5.74) is -0.00259. The lowest BCUT2D eigenvalue weighted by Gasteiger charge is -2.08. The van der Waals surface area contributed by atoms with Crippen molar-refractivity contribution in [3.05, 3.63) is 28.2 Å². The Hall–Kier alpha value is -0.770. The van der Waals surface area contributed by atoms with Gasteiger partial charge in [0.25, 0.3) is 0 Å². The molecule has 1 aromatic carbocycles. The van der Waals surface area contributed by atoms with E-state index in [1.807, 2.05) is 0 Å². The molecule has 9 heteroatoms. The lowest BCUT2D eigenvalue weighted by Crippen LogP contribution is -2.26. The molecule has 0 spiro atoms. The summed E-state index contributed by atoms with van der Waals surface area (Å²) in [7, 11) is -4.68. The molecular weight excluding hydrogens is 370 g/mol. The van der Waals surface area contributed by atoms with Crippen molar-refractivity contribution in [2.75, 3.05) is 18.6 Å². The van der Waals surface area contributed by atoms with Crippen LogP contribution in [0, 0.1) is 0 Å². The highest BCUT2D eigenvalue weighted by molar-refractivity contribution is 9.10. The van der Waals surface area contributed by atoms with Crippen molar-refractivity contribution < 1.29 is 22.5 Å². The fourth-order valence-corrected chi connectivity index (χ4v) is 4.11. The molecule has 0 bridgehead atoms. The Bertz CT molecular complexity index is 630. The highest BCUT2D eigenvalue weighted by Crippen LogP contribution is 2.23. The van der Waals surface area contributed by atoms with Crippen molar-refractivity contribution in [1.29, 1.82) is 0 Å². The number of rotatable bonds is 7. The van der Waals surface area contributed by atoms with Gasteiger partial charge in [0.1, 0.15) is 0 Å². The van der Waals surface area contributed by atoms with E-state index in [1.165, 1.54) is 18.2 Å². The Kier molecular flexibility index (Phi) is 6.31. The number of benzene rings is 1. The minimum absolute atomic E-state index is 0.00259. The Morgan fingerprint density at radius 1 is 1.45 bits per heavy atom. The Labute approximate surface area is 128 Å². The molecule has 1 aromatic rings. The number of hydrogen-bond acceptors (Lipinski definition) is 4. The second-order valence-electron chi connectivity index (χ2n) is 3.98. The number of hydrogen-bond donors (Lipinski definition) is 2. The SMILES string of the molecule is CS(=O)CCCNS(=O)(=O)c1ccc(C(=O)O)cc1Br. The van der Waals surface area contributed by atoms with Crippen LogP contribution in [0.15, 0.2) is 27.6 Å². The Morgan fingerprint density at radius 2 is 2.10 bits per heavy atom. The van der Waals surface area contributed by atoms with E-state index in [0.717, 1.165) is 0 Å². The first-order valence-electron chi connectivity index (χ1n) is 5.56. The van der Waals surface area contributed by atoms with Gasteiger partial charge < -0.3 is 5.11 Å². The lowest BCUT2D eigenvalue weighted by molar-refractivity contribution is 0.0696. The molecule has 0 aromatic heterocycles. The average molecular weight is 384 g/mol. The summed E-state index contributed by atoms with van der Waals surface area (Å²) in [4.78, 5) is 10.7. The van der Waals surface area contributed by atoms with Crippen LogP contribution < -0.4 is 4.72 Å². The van der Waals surface area contributed by atoms with Gasteiger partial charge in [0.05, 0.1) is 10.5 Å². The van der Waals surface area contributed by atoms with Gasteiger partial charge in [0.2, 0.25) is 10.0 Å². The summed E-state index contributed by atoms with van der Waals surface area (Å²) in [5.74, 6) is -0.713. The van der Waals surface area contributed by atoms with Gasteiger partial charge in [0.15, 0.2) is 0 Å². The van der Waals surface area contributed by atoms with Crippen LogP contribution in [-0.2, 0) is 20.8 Å². The van der Waals surface area contributed by atoms with Gasteiger partial charge in [-0.25, -0.2) is 17.9 Å². The minimum Gasteiger partial charge on any atom is -0.478 e. The number of aromatic carboxylic acids is 1. The number of carbonyl (C=O) groups is 1. The molecule has 0 aliphatic carbocycles. The van der Waals surface area contributed by atoms with Crippen LogP contribution in [0.1, 0.15) is 16.8 Å². The van der Waals surface area contributed by atoms with Crippen LogP contribution in [0.4, 0.5) is 0 Å². The maximum absolute atomic E-state index is 12.0. The van der Waals surface area contributed by atoms with Crippen molar-refractivity contribution in [2.45, 2.75) is 11.3 Å². The van der Waals surface area contributed by atoms with E-state index in [1.54, 1.807) is 6.26 Å². The molecule has 0 amide bonds. The van der Waals surface area contributed by atoms with E-state index in [-0.39, 0.29) is 21.5 Å². The van der Waals surface area contributed by atoms with Crippen molar-refractivity contribution in [3.8, 4) is 0 Å². The molecule has 1 rings (SSSR count). The van der Waals surface area contributed by atoms with Crippen LogP contribution >= 0.6 is 15.9 Å². The van der Waals surface area contributed by atoms with Crippen molar-refractivity contribution in [2.24, 2.45) is 0 Å². The third-order valence-corrected chi connectivity index (χ3v) is 5.67. The number of carboxylic acids is 1. The smallest absolute Gasteiger partial charge is 0.335 e. The number of sulfonamides is 1. The molecule has 1 unspecified atom stereocenters. The quantitative estimate of drug-likeness (QED) is 0.688. The fourth-order valence-electron chi connectivity index (χ4n) is 1.41. The van der Waals surface area contributed by atoms with Crippen molar-refractivity contribution in [1.82, 2.24) is 4.72 Å². The second-order valence-corrected chi connectivity index (χ2v) is 8.12. The lowest BCUT2D eigenvalue weighted by atomic mass is 10.2. The number of halogens is 1. The van der Waals surface area contributed by atoms with Crippen molar-refractivity contribution >= 4 is 42.7 Å². The zero-order valence-corrected chi connectivity index (χ0v) is 13.8. The summed E-state index contributed by atoms with van der Waals surface area (Å²) >= 11 is 3.05. The molecule has 20 heavy (non-hydrogen) atoms. The maximum Gasteiger partial charge on any atom is 0.335 e. The first-order chi connectivity index (χ1) is 9.24. The zero-order chi connectivity index (χ0) is 15.3. The van der Waals surface area contributed by atoms with Gasteiger partial charge in [-0.15, -0.1) is 0 Å². The highest BCUT2D eigenvalue weighted by Gasteiger charge is 2.18. The summed E-state index contributed by atoms with van der Waals surface area (Å²) in [6.45, 7) is 0.176. The molecule has 0 radical (unpaired) electrons. The minimum atomic E-state index is -3.72. The van der Waals surface area contributed by atoms with Crippen LogP contribution in [0.3, 0.4) is 0 Å². The molecule has 0 fully saturated rings. The normalized spacial score (nSPS) is 13.1. The van der Waals surface area contributed by atoms with E-state index in [0.29, 0.717) is 12.2 Å². The summed E-state index contributed by atoms with van der Waals surface area (Å²) in [5, 5.41) is 8.81. The first-order valence-corrected chi connectivity index (χ1v) is 9.57. The molecule has 0 saturated carbocycles. The Balaban J connectivity index is 2.82. The van der Waals surface area contributed by atoms with Crippen LogP contribution in [-0.4, -0.2) is 42.3 Å². The molecule has 0 aliphatic heterocycles. The third kappa shape index (κ3) is 4.97. The molecule has 1 atom stereocenters. The van der Waals surface area contributed by atoms with Crippen molar-refractivity contribution in [3.63, 3.8) is 0 Å². The standard InChI is InChI=1S/C11H14BrNO5S2/c1-19(16)6-2-5-13-20(17,18)10-4-3-8(11(14)15)7-9(10)12/h3-4,7,13H,2,5-6H2,1H3,(H,14,15). The zero-order valence-electron chi connectivity index (χ0n) is 10.6. The topological polar surface area (TPSA) is 101 Å². The largest absolute Gasteiger partial charge is 0.478 e. The maximum atomic E-state index is 12.0. The van der Waals surface area contributed by atoms with E-state index < -0.39 is 26.8 Å². The van der Waals surface area contributed by atoms with Gasteiger partial charge in [-0.2, -0.15) is 0 Å². The van der Waals surface area contributed by atoms with E-state index in [2.05, 4.69) is 20.7 Å². The second kappa shape index (κ2) is 7.30. The summed E-state index contributed by atoms with van der Waals surface area (Å²) in [6, 6.07) is 3.69. The molecule has 0 aliphatic rings. The average Bonchev–Trinajstić information content (AvgIpc) is 2.34. The van der Waals surface area contributed by atoms with Gasteiger partial charge >= 0.3 is 5.97 Å². The molecular formula is C11H14BrNO5S2. The molecule has 0 heterocycles. The van der Waals surface area contributed by atoms with Crippen LogP contribution in [0.5, 0.6) is 0 Å². The molecule has 112 valence electrons. The predicted molar refractivity (Wildman–Crippen MR) is 79.8 cm³/mol. The number of nitrogens with one attached hydrogen (secondary N) is 1. The third-order valence-electron chi connectivity index (χ3n) is 2.37. The van der Waals surface area contributed by atoms with Crippen LogP contribution in [0.2, 0.25) is 0 Å². The summed E-state index contributed by atoms with van der Waals surface area (Å²) in [6.07, 6.45) is 2.02. The van der Waals surface area contributed by atoms with E-state index in [4.69, 9.17) is 5.11 Å². The van der Waals surface area contributed by atoms with Gasteiger partial charge in [0, 0.05) is 33.8 Å². The predicted octanol–water partition coefficient (Wildman–Crippen LogP) is 1.19. The number of carboxylic acid groups (broad SMARTS) is 1.